The Morgan fingerprint density at radius 1 is 1.20 bits per heavy atom. The molecule has 0 amide bonds. The Bertz CT molecular complexity index is 626. The van der Waals surface area contributed by atoms with Crippen LogP contribution in [0.5, 0.6) is 0 Å². The Balaban J connectivity index is 2.18. The van der Waals surface area contributed by atoms with Gasteiger partial charge in [0.2, 0.25) is 0 Å². The average Bonchev–Trinajstić information content (AvgIpc) is 2.46. The van der Waals surface area contributed by atoms with Crippen molar-refractivity contribution in [2.24, 2.45) is 0 Å². The van der Waals surface area contributed by atoms with E-state index in [4.69, 9.17) is 5.11 Å². The quantitative estimate of drug-likeness (QED) is 0.873. The van der Waals surface area contributed by atoms with Gasteiger partial charge in [-0.2, -0.15) is 0 Å². The predicted molar refractivity (Wildman–Crippen MR) is 76.5 cm³/mol. The highest BCUT2D eigenvalue weighted by Gasteiger charge is 2.08. The number of hydrogen-bond acceptors (Lipinski definition) is 2. The molecular weight excluding hydrogens is 257 g/mol. The Morgan fingerprint density at radius 3 is 2.55 bits per heavy atom. The molecule has 0 fully saturated rings. The third-order valence-corrected chi connectivity index (χ3v) is 3.18. The van der Waals surface area contributed by atoms with Crippen molar-refractivity contribution in [3.05, 3.63) is 65.0 Å². The van der Waals surface area contributed by atoms with Crippen LogP contribution in [0.4, 0.5) is 10.1 Å². The standard InChI is InChI=1S/C16H16FNO2/c1-2-11-5-3-4-6-13(11)10-18-15-9-12(16(19)20)7-8-14(15)17/h3-9,18H,2,10H2,1H3,(H,19,20). The molecule has 4 heteroatoms. The SMILES string of the molecule is CCc1ccccc1CNc1cc(C(=O)O)ccc1F. The van der Waals surface area contributed by atoms with Crippen LogP contribution in [0, 0.1) is 5.82 Å². The molecule has 0 saturated heterocycles. The molecule has 104 valence electrons. The molecule has 2 N–H and O–H groups in total. The van der Waals surface area contributed by atoms with Crippen LogP contribution in [-0.4, -0.2) is 11.1 Å². The van der Waals surface area contributed by atoms with E-state index < -0.39 is 11.8 Å². The zero-order valence-corrected chi connectivity index (χ0v) is 11.2. The Kier molecular flexibility index (Phi) is 4.35. The fourth-order valence-corrected chi connectivity index (χ4v) is 2.06. The fourth-order valence-electron chi connectivity index (χ4n) is 2.06. The highest BCUT2D eigenvalue weighted by molar-refractivity contribution is 5.88. The Hall–Kier alpha value is -2.36. The smallest absolute Gasteiger partial charge is 0.335 e. The van der Waals surface area contributed by atoms with Crippen molar-refractivity contribution in [2.45, 2.75) is 19.9 Å². The van der Waals surface area contributed by atoms with E-state index in [9.17, 15) is 9.18 Å². The van der Waals surface area contributed by atoms with Gasteiger partial charge in [-0.1, -0.05) is 31.2 Å². The minimum absolute atomic E-state index is 0.0673. The van der Waals surface area contributed by atoms with Crippen molar-refractivity contribution in [1.29, 1.82) is 0 Å². The highest BCUT2D eigenvalue weighted by atomic mass is 19.1. The molecule has 0 aliphatic heterocycles. The molecule has 0 aliphatic rings. The first-order valence-corrected chi connectivity index (χ1v) is 6.45. The maximum Gasteiger partial charge on any atom is 0.335 e. The van der Waals surface area contributed by atoms with E-state index in [1.807, 2.05) is 24.3 Å². The molecule has 2 aromatic carbocycles. The number of rotatable bonds is 5. The van der Waals surface area contributed by atoms with Crippen LogP contribution in [0.15, 0.2) is 42.5 Å². The molecule has 3 nitrogen and oxygen atoms in total. The number of nitrogens with one attached hydrogen (secondary N) is 1. The predicted octanol–water partition coefficient (Wildman–Crippen LogP) is 3.70. The summed E-state index contributed by atoms with van der Waals surface area (Å²) in [6.45, 7) is 2.52. The minimum atomic E-state index is -1.07. The molecule has 2 aromatic rings. The van der Waals surface area contributed by atoms with Gasteiger partial charge in [0.15, 0.2) is 0 Å². The number of carbonyl (C=O) groups is 1. The summed E-state index contributed by atoms with van der Waals surface area (Å²) in [5.41, 5.74) is 2.54. The normalized spacial score (nSPS) is 10.3. The molecule has 0 aromatic heterocycles. The Morgan fingerprint density at radius 2 is 1.90 bits per heavy atom. The summed E-state index contributed by atoms with van der Waals surface area (Å²) < 4.78 is 13.7. The number of halogens is 1. The van der Waals surface area contributed by atoms with Gasteiger partial charge in [-0.3, -0.25) is 0 Å². The third kappa shape index (κ3) is 3.15. The second-order valence-electron chi connectivity index (χ2n) is 4.48. The van der Waals surface area contributed by atoms with E-state index >= 15 is 0 Å². The molecule has 0 atom stereocenters. The molecule has 0 saturated carbocycles. The summed E-state index contributed by atoms with van der Waals surface area (Å²) in [6, 6.07) is 11.6. The number of anilines is 1. The molecule has 20 heavy (non-hydrogen) atoms. The molecule has 0 radical (unpaired) electrons. The first kappa shape index (κ1) is 14.1. The van der Waals surface area contributed by atoms with E-state index in [0.29, 0.717) is 6.54 Å². The van der Waals surface area contributed by atoms with E-state index in [0.717, 1.165) is 18.1 Å². The van der Waals surface area contributed by atoms with Gasteiger partial charge in [-0.15, -0.1) is 0 Å². The second-order valence-corrected chi connectivity index (χ2v) is 4.48. The van der Waals surface area contributed by atoms with Crippen molar-refractivity contribution < 1.29 is 14.3 Å². The maximum absolute atomic E-state index is 13.7. The molecule has 0 spiro atoms. The van der Waals surface area contributed by atoms with E-state index in [1.165, 1.54) is 17.7 Å². The summed E-state index contributed by atoms with van der Waals surface area (Å²) >= 11 is 0. The van der Waals surface area contributed by atoms with Crippen LogP contribution in [-0.2, 0) is 13.0 Å². The van der Waals surface area contributed by atoms with Crippen molar-refractivity contribution >= 4 is 11.7 Å². The zero-order valence-electron chi connectivity index (χ0n) is 11.2. The van der Waals surface area contributed by atoms with Crippen LogP contribution in [0.3, 0.4) is 0 Å². The largest absolute Gasteiger partial charge is 0.478 e. The number of carboxylic acid groups (broad SMARTS) is 1. The lowest BCUT2D eigenvalue weighted by Gasteiger charge is -2.11. The third-order valence-electron chi connectivity index (χ3n) is 3.18. The summed E-state index contributed by atoms with van der Waals surface area (Å²) in [5.74, 6) is -1.52. The van der Waals surface area contributed by atoms with Crippen LogP contribution in [0.1, 0.15) is 28.4 Å². The lowest BCUT2D eigenvalue weighted by atomic mass is 10.1. The van der Waals surface area contributed by atoms with Gasteiger partial charge in [0, 0.05) is 6.54 Å². The first-order chi connectivity index (χ1) is 9.61. The monoisotopic (exact) mass is 273 g/mol. The van der Waals surface area contributed by atoms with Gasteiger partial charge >= 0.3 is 5.97 Å². The topological polar surface area (TPSA) is 49.3 Å². The van der Waals surface area contributed by atoms with Crippen LogP contribution >= 0.6 is 0 Å². The lowest BCUT2D eigenvalue weighted by molar-refractivity contribution is 0.0697. The van der Waals surface area contributed by atoms with Crippen LogP contribution in [0.25, 0.3) is 0 Å². The van der Waals surface area contributed by atoms with Gasteiger partial charge in [-0.05, 0) is 35.7 Å². The molecule has 2 rings (SSSR count). The van der Waals surface area contributed by atoms with Gasteiger partial charge < -0.3 is 10.4 Å². The van der Waals surface area contributed by atoms with Crippen molar-refractivity contribution in [2.75, 3.05) is 5.32 Å². The molecule has 0 aliphatic carbocycles. The van der Waals surface area contributed by atoms with E-state index in [2.05, 4.69) is 12.2 Å². The van der Waals surface area contributed by atoms with Crippen LogP contribution in [0.2, 0.25) is 0 Å². The maximum atomic E-state index is 13.7. The lowest BCUT2D eigenvalue weighted by Crippen LogP contribution is -2.06. The minimum Gasteiger partial charge on any atom is -0.478 e. The molecule has 0 bridgehead atoms. The molecular formula is C16H16FNO2. The van der Waals surface area contributed by atoms with Crippen molar-refractivity contribution in [1.82, 2.24) is 0 Å². The number of hydrogen-bond donors (Lipinski definition) is 2. The first-order valence-electron chi connectivity index (χ1n) is 6.45. The average molecular weight is 273 g/mol. The summed E-state index contributed by atoms with van der Waals surface area (Å²) in [6.07, 6.45) is 0.898. The summed E-state index contributed by atoms with van der Waals surface area (Å²) in [7, 11) is 0. The fraction of sp³-hybridized carbons (Fsp3) is 0.188. The van der Waals surface area contributed by atoms with Gasteiger partial charge in [0.05, 0.1) is 11.3 Å². The van der Waals surface area contributed by atoms with Gasteiger partial charge in [0.25, 0.3) is 0 Å². The molecule has 0 unspecified atom stereocenters. The summed E-state index contributed by atoms with van der Waals surface area (Å²) in [5, 5.41) is 11.9. The zero-order chi connectivity index (χ0) is 14.5. The second kappa shape index (κ2) is 6.19. The number of aromatic carboxylic acids is 1. The Labute approximate surface area is 117 Å². The number of aryl methyl sites for hydroxylation is 1. The molecule has 0 heterocycles. The summed E-state index contributed by atoms with van der Waals surface area (Å²) in [4.78, 5) is 10.9. The van der Waals surface area contributed by atoms with Crippen molar-refractivity contribution in [3.63, 3.8) is 0 Å². The number of benzene rings is 2. The van der Waals surface area contributed by atoms with Gasteiger partial charge in [0.1, 0.15) is 5.82 Å². The highest BCUT2D eigenvalue weighted by Crippen LogP contribution is 2.18. The van der Waals surface area contributed by atoms with Crippen LogP contribution < -0.4 is 5.32 Å². The van der Waals surface area contributed by atoms with Gasteiger partial charge in [-0.25, -0.2) is 9.18 Å². The van der Waals surface area contributed by atoms with E-state index in [-0.39, 0.29) is 11.3 Å². The van der Waals surface area contributed by atoms with E-state index in [1.54, 1.807) is 0 Å². The van der Waals surface area contributed by atoms with Crippen molar-refractivity contribution in [3.8, 4) is 0 Å². The number of carboxylic acids is 1.